The maximum atomic E-state index is 11.6. The molecule has 8 heteroatoms. The lowest BCUT2D eigenvalue weighted by atomic mass is 9.63. The molecule has 0 radical (unpaired) electrons. The molecule has 2 aliphatic carbocycles. The van der Waals surface area contributed by atoms with Crippen molar-refractivity contribution in [3.63, 3.8) is 0 Å². The first kappa shape index (κ1) is 24.5. The van der Waals surface area contributed by atoms with Crippen molar-refractivity contribution in [1.82, 2.24) is 19.8 Å². The van der Waals surface area contributed by atoms with Gasteiger partial charge in [-0.05, 0) is 88.4 Å². The second-order valence-electron chi connectivity index (χ2n) is 11.7. The van der Waals surface area contributed by atoms with Gasteiger partial charge in [-0.2, -0.15) is 9.97 Å². The minimum atomic E-state index is -0.847. The fourth-order valence-corrected chi connectivity index (χ4v) is 7.07. The number of ether oxygens (including phenoxy) is 1. The van der Waals surface area contributed by atoms with Gasteiger partial charge in [0, 0.05) is 37.3 Å². The number of likely N-dealkylation sites (N-methyl/N-ethyl adjacent to an activating group) is 1. The maximum Gasteiger partial charge on any atom is 0.407 e. The number of piperazine rings is 1. The molecule has 37 heavy (non-hydrogen) atoms. The Balaban J connectivity index is 1.30. The summed E-state index contributed by atoms with van der Waals surface area (Å²) in [6.07, 6.45) is 8.00. The highest BCUT2D eigenvalue weighted by Gasteiger charge is 2.40. The first-order chi connectivity index (χ1) is 17.9. The standard InChI is InChI=1S/C29H39N5O3/c1-20-18-33(28(35)36)14-15-34(20)26-24-10-12-29(11-9-21-6-3-4-7-22(21)16-29)17-25(24)30-27(31-26)37-19-23-8-5-13-32(23)2/h3-4,6-7,20,23H,5,8-19H2,1-2H3,(H,35,36)/t20-,23-,29+/m0/s1. The number of aryl methyl sites for hydroxylation is 1. The Morgan fingerprint density at radius 3 is 2.68 bits per heavy atom. The van der Waals surface area contributed by atoms with Crippen LogP contribution in [0.25, 0.3) is 0 Å². The number of carboxylic acid groups (broad SMARTS) is 1. The highest BCUT2D eigenvalue weighted by Crippen LogP contribution is 2.46. The van der Waals surface area contributed by atoms with Crippen molar-refractivity contribution in [3.8, 4) is 6.01 Å². The average molecular weight is 506 g/mol. The number of hydrogen-bond donors (Lipinski definition) is 1. The Morgan fingerprint density at radius 1 is 1.11 bits per heavy atom. The SMILES string of the molecule is C[C@H]1CN(C(=O)O)CCN1c1nc(OC[C@@H]2CCCN2C)nc2c1CC[C@@]1(CCc3ccccc3C1)C2. The van der Waals surface area contributed by atoms with Crippen LogP contribution in [0.5, 0.6) is 6.01 Å². The number of benzene rings is 1. The second-order valence-corrected chi connectivity index (χ2v) is 11.7. The molecule has 0 unspecified atom stereocenters. The van der Waals surface area contributed by atoms with Gasteiger partial charge < -0.3 is 24.5 Å². The zero-order chi connectivity index (χ0) is 25.6. The van der Waals surface area contributed by atoms with Gasteiger partial charge in [0.2, 0.25) is 0 Å². The molecule has 1 amide bonds. The Hall–Kier alpha value is -2.87. The van der Waals surface area contributed by atoms with Gasteiger partial charge in [-0.3, -0.25) is 0 Å². The Morgan fingerprint density at radius 2 is 1.92 bits per heavy atom. The second kappa shape index (κ2) is 9.78. The van der Waals surface area contributed by atoms with Gasteiger partial charge in [-0.15, -0.1) is 0 Å². The molecule has 198 valence electrons. The molecule has 2 saturated heterocycles. The molecular weight excluding hydrogens is 466 g/mol. The van der Waals surface area contributed by atoms with E-state index in [4.69, 9.17) is 14.7 Å². The van der Waals surface area contributed by atoms with Crippen LogP contribution < -0.4 is 9.64 Å². The van der Waals surface area contributed by atoms with E-state index in [0.717, 1.165) is 56.6 Å². The van der Waals surface area contributed by atoms with E-state index in [2.05, 4.69) is 48.0 Å². The minimum Gasteiger partial charge on any atom is -0.465 e. The van der Waals surface area contributed by atoms with Gasteiger partial charge >= 0.3 is 12.1 Å². The fourth-order valence-electron chi connectivity index (χ4n) is 7.07. The van der Waals surface area contributed by atoms with E-state index in [1.807, 2.05) is 0 Å². The zero-order valence-corrected chi connectivity index (χ0v) is 22.2. The Labute approximate surface area is 219 Å². The first-order valence-electron chi connectivity index (χ1n) is 13.9. The van der Waals surface area contributed by atoms with Crippen molar-refractivity contribution in [2.45, 2.75) is 70.4 Å². The molecular formula is C29H39N5O3. The van der Waals surface area contributed by atoms with E-state index in [9.17, 15) is 9.90 Å². The Kier molecular flexibility index (Phi) is 6.47. The fraction of sp³-hybridized carbons (Fsp3) is 0.621. The third-order valence-electron chi connectivity index (χ3n) is 9.35. The lowest BCUT2D eigenvalue weighted by Crippen LogP contribution is -2.54. The number of aromatic nitrogens is 2. The van der Waals surface area contributed by atoms with E-state index >= 15 is 0 Å². The van der Waals surface area contributed by atoms with Crippen LogP contribution >= 0.6 is 0 Å². The number of nitrogens with zero attached hydrogens (tertiary/aromatic N) is 5. The van der Waals surface area contributed by atoms with E-state index in [1.54, 1.807) is 0 Å². The third kappa shape index (κ3) is 4.76. The van der Waals surface area contributed by atoms with Crippen LogP contribution in [0.4, 0.5) is 10.6 Å². The highest BCUT2D eigenvalue weighted by molar-refractivity contribution is 5.66. The van der Waals surface area contributed by atoms with Crippen LogP contribution in [0.15, 0.2) is 24.3 Å². The average Bonchev–Trinajstić information content (AvgIpc) is 3.31. The van der Waals surface area contributed by atoms with Crippen LogP contribution in [0.2, 0.25) is 0 Å². The molecule has 4 aliphatic rings. The maximum absolute atomic E-state index is 11.6. The van der Waals surface area contributed by atoms with Crippen LogP contribution in [0.1, 0.15) is 55.0 Å². The summed E-state index contributed by atoms with van der Waals surface area (Å²) in [6, 6.07) is 9.84. The van der Waals surface area contributed by atoms with Crippen LogP contribution in [0, 0.1) is 5.41 Å². The first-order valence-corrected chi connectivity index (χ1v) is 13.9. The predicted octanol–water partition coefficient (Wildman–Crippen LogP) is 3.80. The number of carbonyl (C=O) groups is 1. The number of rotatable bonds is 4. The molecule has 0 bridgehead atoms. The number of likely N-dealkylation sites (tertiary alicyclic amines) is 1. The lowest BCUT2D eigenvalue weighted by Gasteiger charge is -2.44. The predicted molar refractivity (Wildman–Crippen MR) is 143 cm³/mol. The summed E-state index contributed by atoms with van der Waals surface area (Å²) in [5.41, 5.74) is 5.61. The summed E-state index contributed by atoms with van der Waals surface area (Å²) in [5.74, 6) is 0.961. The van der Waals surface area contributed by atoms with Crippen molar-refractivity contribution in [3.05, 3.63) is 46.6 Å². The van der Waals surface area contributed by atoms with Gasteiger partial charge in [0.05, 0.1) is 5.69 Å². The topological polar surface area (TPSA) is 82.0 Å². The molecule has 1 N–H and O–H groups in total. The van der Waals surface area contributed by atoms with Gasteiger partial charge in [-0.1, -0.05) is 24.3 Å². The van der Waals surface area contributed by atoms with E-state index < -0.39 is 6.09 Å². The smallest absolute Gasteiger partial charge is 0.407 e. The van der Waals surface area contributed by atoms with Crippen LogP contribution in [0.3, 0.4) is 0 Å². The molecule has 2 aromatic rings. The van der Waals surface area contributed by atoms with Crippen molar-refractivity contribution < 1.29 is 14.6 Å². The summed E-state index contributed by atoms with van der Waals surface area (Å²) in [4.78, 5) is 27.8. The van der Waals surface area contributed by atoms with E-state index in [-0.39, 0.29) is 11.5 Å². The van der Waals surface area contributed by atoms with Crippen molar-refractivity contribution in [2.75, 3.05) is 44.7 Å². The summed E-state index contributed by atoms with van der Waals surface area (Å²) in [7, 11) is 2.16. The summed E-state index contributed by atoms with van der Waals surface area (Å²) >= 11 is 0. The molecule has 2 fully saturated rings. The number of hydrogen-bond acceptors (Lipinski definition) is 6. The molecule has 8 nitrogen and oxygen atoms in total. The molecule has 1 aromatic heterocycles. The quantitative estimate of drug-likeness (QED) is 0.677. The summed E-state index contributed by atoms with van der Waals surface area (Å²) < 4.78 is 6.29. The summed E-state index contributed by atoms with van der Waals surface area (Å²) in [6.45, 7) is 5.43. The zero-order valence-electron chi connectivity index (χ0n) is 22.2. The largest absolute Gasteiger partial charge is 0.465 e. The molecule has 1 aromatic carbocycles. The lowest BCUT2D eigenvalue weighted by molar-refractivity contribution is 0.135. The number of anilines is 1. The van der Waals surface area contributed by atoms with Crippen LogP contribution in [-0.4, -0.2) is 82.9 Å². The Bertz CT molecular complexity index is 1170. The molecule has 2 aliphatic heterocycles. The van der Waals surface area contributed by atoms with Crippen molar-refractivity contribution in [1.29, 1.82) is 0 Å². The number of fused-ring (bicyclic) bond motifs is 2. The molecule has 3 heterocycles. The monoisotopic (exact) mass is 505 g/mol. The molecule has 3 atom stereocenters. The van der Waals surface area contributed by atoms with Crippen molar-refractivity contribution in [2.24, 2.45) is 5.41 Å². The van der Waals surface area contributed by atoms with E-state index in [0.29, 0.717) is 38.3 Å². The minimum absolute atomic E-state index is 0.0510. The number of amides is 1. The highest BCUT2D eigenvalue weighted by atomic mass is 16.5. The molecule has 6 rings (SSSR count). The van der Waals surface area contributed by atoms with Gasteiger partial charge in [0.15, 0.2) is 0 Å². The third-order valence-corrected chi connectivity index (χ3v) is 9.35. The van der Waals surface area contributed by atoms with Gasteiger partial charge in [0.25, 0.3) is 0 Å². The molecule has 0 saturated carbocycles. The normalized spacial score (nSPS) is 27.7. The van der Waals surface area contributed by atoms with Crippen LogP contribution in [-0.2, 0) is 25.7 Å². The van der Waals surface area contributed by atoms with Gasteiger partial charge in [-0.25, -0.2) is 4.79 Å². The van der Waals surface area contributed by atoms with Crippen molar-refractivity contribution >= 4 is 11.9 Å². The van der Waals surface area contributed by atoms with Gasteiger partial charge in [0.1, 0.15) is 12.4 Å². The molecule has 1 spiro atoms. The summed E-state index contributed by atoms with van der Waals surface area (Å²) in [5, 5.41) is 9.51. The van der Waals surface area contributed by atoms with E-state index in [1.165, 1.54) is 34.4 Å².